The second kappa shape index (κ2) is 6.32. The molecule has 110 valence electrons. The Labute approximate surface area is 126 Å². The molecular formula is C14H13ClN2O4. The Hall–Kier alpha value is -2.47. The fourth-order valence-corrected chi connectivity index (χ4v) is 1.88. The van der Waals surface area contributed by atoms with Crippen LogP contribution >= 0.6 is 11.6 Å². The standard InChI is InChI=1S/C14H13ClN2O4/c1-20-9-5-8(6-10(7-9)21-2)16-12-4-3-11(15)13(17-12)14(18)19/h3-7H,1-2H3,(H,16,17)(H,18,19). The molecule has 0 aliphatic rings. The van der Waals surface area contributed by atoms with Crippen LogP contribution in [0.4, 0.5) is 11.5 Å². The van der Waals surface area contributed by atoms with Gasteiger partial charge in [0.15, 0.2) is 5.69 Å². The van der Waals surface area contributed by atoms with Crippen LogP contribution in [0, 0.1) is 0 Å². The molecular weight excluding hydrogens is 296 g/mol. The highest BCUT2D eigenvalue weighted by atomic mass is 35.5. The van der Waals surface area contributed by atoms with E-state index in [0.29, 0.717) is 23.0 Å². The van der Waals surface area contributed by atoms with E-state index >= 15 is 0 Å². The number of carbonyl (C=O) groups is 1. The van der Waals surface area contributed by atoms with E-state index in [0.717, 1.165) is 0 Å². The van der Waals surface area contributed by atoms with Gasteiger partial charge in [0.25, 0.3) is 0 Å². The molecule has 0 spiro atoms. The van der Waals surface area contributed by atoms with Gasteiger partial charge in [-0.1, -0.05) is 11.6 Å². The molecule has 0 amide bonds. The lowest BCUT2D eigenvalue weighted by molar-refractivity contribution is 0.0691. The van der Waals surface area contributed by atoms with Gasteiger partial charge in [-0.05, 0) is 12.1 Å². The van der Waals surface area contributed by atoms with E-state index in [1.165, 1.54) is 6.07 Å². The molecule has 0 unspecified atom stereocenters. The topological polar surface area (TPSA) is 80.7 Å². The van der Waals surface area contributed by atoms with Gasteiger partial charge in [-0.15, -0.1) is 0 Å². The average Bonchev–Trinajstić information content (AvgIpc) is 2.48. The van der Waals surface area contributed by atoms with E-state index < -0.39 is 5.97 Å². The Morgan fingerprint density at radius 2 is 1.81 bits per heavy atom. The molecule has 2 N–H and O–H groups in total. The number of hydrogen-bond acceptors (Lipinski definition) is 5. The summed E-state index contributed by atoms with van der Waals surface area (Å²) in [6, 6.07) is 8.25. The van der Waals surface area contributed by atoms with E-state index in [4.69, 9.17) is 26.2 Å². The van der Waals surface area contributed by atoms with E-state index in [9.17, 15) is 4.79 Å². The number of methoxy groups -OCH3 is 2. The lowest BCUT2D eigenvalue weighted by atomic mass is 10.2. The molecule has 0 radical (unpaired) electrons. The third-order valence-electron chi connectivity index (χ3n) is 2.67. The first-order valence-corrected chi connectivity index (χ1v) is 6.31. The van der Waals surface area contributed by atoms with Gasteiger partial charge in [-0.3, -0.25) is 0 Å². The number of benzene rings is 1. The van der Waals surface area contributed by atoms with Gasteiger partial charge in [0.1, 0.15) is 17.3 Å². The van der Waals surface area contributed by atoms with Crippen LogP contribution in [0.1, 0.15) is 10.5 Å². The monoisotopic (exact) mass is 308 g/mol. The molecule has 6 nitrogen and oxygen atoms in total. The summed E-state index contributed by atoms with van der Waals surface area (Å²) >= 11 is 5.78. The number of aromatic carboxylic acids is 1. The van der Waals surface area contributed by atoms with Crippen LogP contribution in [0.2, 0.25) is 5.02 Å². The lowest BCUT2D eigenvalue weighted by Gasteiger charge is -2.11. The fraction of sp³-hybridized carbons (Fsp3) is 0.143. The molecule has 0 saturated carbocycles. The molecule has 0 aliphatic heterocycles. The summed E-state index contributed by atoms with van der Waals surface area (Å²) in [6.45, 7) is 0. The molecule has 0 atom stereocenters. The highest BCUT2D eigenvalue weighted by molar-refractivity contribution is 6.33. The van der Waals surface area contributed by atoms with Crippen molar-refractivity contribution in [2.24, 2.45) is 0 Å². The van der Waals surface area contributed by atoms with Gasteiger partial charge in [0, 0.05) is 23.9 Å². The minimum atomic E-state index is -1.19. The van der Waals surface area contributed by atoms with E-state index in [1.54, 1.807) is 38.5 Å². The van der Waals surface area contributed by atoms with Crippen molar-refractivity contribution in [2.45, 2.75) is 0 Å². The van der Waals surface area contributed by atoms with Crippen LogP contribution < -0.4 is 14.8 Å². The molecule has 0 fully saturated rings. The Morgan fingerprint density at radius 3 is 2.33 bits per heavy atom. The van der Waals surface area contributed by atoms with E-state index in [-0.39, 0.29) is 10.7 Å². The van der Waals surface area contributed by atoms with E-state index in [2.05, 4.69) is 10.3 Å². The molecule has 2 rings (SSSR count). The van der Waals surface area contributed by atoms with Gasteiger partial charge in [0.05, 0.1) is 19.2 Å². The smallest absolute Gasteiger partial charge is 0.356 e. The second-order valence-corrected chi connectivity index (χ2v) is 4.47. The summed E-state index contributed by atoms with van der Waals surface area (Å²) in [5.74, 6) is 0.368. The zero-order chi connectivity index (χ0) is 15.4. The Kier molecular flexibility index (Phi) is 4.49. The van der Waals surface area contributed by atoms with Crippen LogP contribution in [-0.4, -0.2) is 30.3 Å². The number of ether oxygens (including phenoxy) is 2. The van der Waals surface area contributed by atoms with Crippen molar-refractivity contribution in [3.8, 4) is 11.5 Å². The van der Waals surface area contributed by atoms with Gasteiger partial charge in [-0.2, -0.15) is 0 Å². The summed E-state index contributed by atoms with van der Waals surface area (Å²) in [5, 5.41) is 12.1. The van der Waals surface area contributed by atoms with Crippen LogP contribution in [0.15, 0.2) is 30.3 Å². The number of anilines is 2. The number of pyridine rings is 1. The third-order valence-corrected chi connectivity index (χ3v) is 2.98. The molecule has 2 aromatic rings. The number of carboxylic acids is 1. The quantitative estimate of drug-likeness (QED) is 0.883. The van der Waals surface area contributed by atoms with Crippen LogP contribution in [0.25, 0.3) is 0 Å². The largest absolute Gasteiger partial charge is 0.497 e. The number of hydrogen-bond donors (Lipinski definition) is 2. The molecule has 0 saturated heterocycles. The Morgan fingerprint density at radius 1 is 1.19 bits per heavy atom. The minimum absolute atomic E-state index is 0.0799. The maximum absolute atomic E-state index is 11.0. The first-order valence-electron chi connectivity index (χ1n) is 5.93. The minimum Gasteiger partial charge on any atom is -0.497 e. The predicted octanol–water partition coefficient (Wildman–Crippen LogP) is 3.19. The molecule has 0 aliphatic carbocycles. The maximum Gasteiger partial charge on any atom is 0.356 e. The van der Waals surface area contributed by atoms with Crippen molar-refractivity contribution in [2.75, 3.05) is 19.5 Å². The summed E-state index contributed by atoms with van der Waals surface area (Å²) in [6.07, 6.45) is 0. The van der Waals surface area contributed by atoms with Crippen molar-refractivity contribution in [1.82, 2.24) is 4.98 Å². The van der Waals surface area contributed by atoms with Crippen molar-refractivity contribution in [1.29, 1.82) is 0 Å². The summed E-state index contributed by atoms with van der Waals surface area (Å²) in [7, 11) is 3.09. The Bertz CT molecular complexity index is 654. The zero-order valence-electron chi connectivity index (χ0n) is 11.4. The van der Waals surface area contributed by atoms with Crippen LogP contribution in [-0.2, 0) is 0 Å². The highest BCUT2D eigenvalue weighted by Crippen LogP contribution is 2.28. The third kappa shape index (κ3) is 3.55. The van der Waals surface area contributed by atoms with Crippen LogP contribution in [0.5, 0.6) is 11.5 Å². The van der Waals surface area contributed by atoms with Gasteiger partial charge in [0.2, 0.25) is 0 Å². The van der Waals surface area contributed by atoms with E-state index in [1.807, 2.05) is 0 Å². The summed E-state index contributed by atoms with van der Waals surface area (Å²) in [4.78, 5) is 15.0. The van der Waals surface area contributed by atoms with Gasteiger partial charge >= 0.3 is 5.97 Å². The summed E-state index contributed by atoms with van der Waals surface area (Å²) < 4.78 is 10.3. The average molecular weight is 309 g/mol. The normalized spacial score (nSPS) is 10.0. The number of halogens is 1. The van der Waals surface area contributed by atoms with Gasteiger partial charge in [-0.25, -0.2) is 9.78 Å². The van der Waals surface area contributed by atoms with Crippen LogP contribution in [0.3, 0.4) is 0 Å². The van der Waals surface area contributed by atoms with Crippen molar-refractivity contribution in [3.63, 3.8) is 0 Å². The SMILES string of the molecule is COc1cc(Nc2ccc(Cl)c(C(=O)O)n2)cc(OC)c1. The summed E-state index contributed by atoms with van der Waals surface area (Å²) in [5.41, 5.74) is 0.439. The predicted molar refractivity (Wildman–Crippen MR) is 79.0 cm³/mol. The maximum atomic E-state index is 11.0. The molecule has 1 aromatic heterocycles. The van der Waals surface area contributed by atoms with Crippen molar-refractivity contribution >= 4 is 29.1 Å². The number of nitrogens with one attached hydrogen (secondary N) is 1. The molecule has 1 aromatic carbocycles. The molecule has 1 heterocycles. The Balaban J connectivity index is 2.33. The highest BCUT2D eigenvalue weighted by Gasteiger charge is 2.12. The number of carboxylic acid groups (broad SMARTS) is 1. The lowest BCUT2D eigenvalue weighted by Crippen LogP contribution is -2.04. The van der Waals surface area contributed by atoms with Gasteiger partial charge < -0.3 is 19.9 Å². The second-order valence-electron chi connectivity index (χ2n) is 4.06. The molecule has 21 heavy (non-hydrogen) atoms. The van der Waals surface area contributed by atoms with Crippen molar-refractivity contribution in [3.05, 3.63) is 41.0 Å². The first-order chi connectivity index (χ1) is 10.0. The zero-order valence-corrected chi connectivity index (χ0v) is 12.1. The fourth-order valence-electron chi connectivity index (χ4n) is 1.69. The number of rotatable bonds is 5. The number of aromatic nitrogens is 1. The number of nitrogens with zero attached hydrogens (tertiary/aromatic N) is 1. The van der Waals surface area contributed by atoms with Crippen molar-refractivity contribution < 1.29 is 19.4 Å². The molecule has 0 bridgehead atoms. The first kappa shape index (κ1) is 14.9. The molecule has 7 heteroatoms.